The number of benzene rings is 2. The van der Waals surface area contributed by atoms with Gasteiger partial charge in [0.1, 0.15) is 5.75 Å². The molecular weight excluding hydrogens is 396 g/mol. The Morgan fingerprint density at radius 3 is 2.93 bits per heavy atom. The lowest BCUT2D eigenvalue weighted by molar-refractivity contribution is -0.0165. The number of hydrogen-bond acceptors (Lipinski definition) is 6. The minimum Gasteiger partial charge on any atom is -0.504 e. The Morgan fingerprint density at radius 2 is 2.14 bits per heavy atom. The van der Waals surface area contributed by atoms with E-state index in [1.807, 2.05) is 46.8 Å². The Hall–Kier alpha value is -2.70. The average Bonchev–Trinajstić information content (AvgIpc) is 3.38. The molecule has 28 heavy (non-hydrogen) atoms. The van der Waals surface area contributed by atoms with Crippen molar-refractivity contribution >= 4 is 28.6 Å². The van der Waals surface area contributed by atoms with E-state index in [1.54, 1.807) is 17.4 Å². The van der Waals surface area contributed by atoms with E-state index in [0.717, 1.165) is 27.5 Å². The summed E-state index contributed by atoms with van der Waals surface area (Å²) in [6.07, 6.45) is 0.433. The Bertz CT molecular complexity index is 1070. The van der Waals surface area contributed by atoms with Crippen LogP contribution in [0, 0.1) is 0 Å². The average molecular weight is 413 g/mol. The van der Waals surface area contributed by atoms with Gasteiger partial charge in [-0.25, -0.2) is 5.01 Å². The zero-order valence-corrected chi connectivity index (χ0v) is 16.6. The van der Waals surface area contributed by atoms with E-state index in [0.29, 0.717) is 17.2 Å². The number of nitrogens with zero attached hydrogens (tertiary/aromatic N) is 2. The second-order valence-electron chi connectivity index (χ2n) is 6.70. The Kier molecular flexibility index (Phi) is 4.18. The summed E-state index contributed by atoms with van der Waals surface area (Å²) >= 11 is 7.91. The molecule has 0 saturated heterocycles. The van der Waals surface area contributed by atoms with E-state index in [-0.39, 0.29) is 18.0 Å². The van der Waals surface area contributed by atoms with Gasteiger partial charge in [0.05, 0.1) is 23.7 Å². The number of aromatic hydroxyl groups is 1. The van der Waals surface area contributed by atoms with Crippen molar-refractivity contribution in [3.63, 3.8) is 0 Å². The molecule has 5 rings (SSSR count). The second-order valence-corrected chi connectivity index (χ2v) is 8.12. The first kappa shape index (κ1) is 17.4. The van der Waals surface area contributed by atoms with Gasteiger partial charge in [-0.15, -0.1) is 11.3 Å². The van der Waals surface area contributed by atoms with Crippen molar-refractivity contribution in [2.24, 2.45) is 5.10 Å². The maximum Gasteiger partial charge on any atom is 0.222 e. The smallest absolute Gasteiger partial charge is 0.222 e. The molecule has 7 heteroatoms. The molecule has 0 aliphatic carbocycles. The molecule has 2 aliphatic rings. The SMILES string of the molecule is COc1cc(C2=NN3C(C2)c2cc(Cl)ccc2OC3c2cccs2)ccc1O. The molecule has 0 saturated carbocycles. The van der Waals surface area contributed by atoms with E-state index in [4.69, 9.17) is 26.2 Å². The van der Waals surface area contributed by atoms with Crippen LogP contribution in [0.15, 0.2) is 59.0 Å². The van der Waals surface area contributed by atoms with Gasteiger partial charge in [-0.3, -0.25) is 0 Å². The third-order valence-electron chi connectivity index (χ3n) is 5.05. The number of methoxy groups -OCH3 is 1. The highest BCUT2D eigenvalue weighted by Crippen LogP contribution is 2.49. The highest BCUT2D eigenvalue weighted by atomic mass is 35.5. The summed E-state index contributed by atoms with van der Waals surface area (Å²) in [4.78, 5) is 1.10. The van der Waals surface area contributed by atoms with Crippen LogP contribution in [-0.2, 0) is 0 Å². The van der Waals surface area contributed by atoms with E-state index in [9.17, 15) is 5.11 Å². The molecule has 2 aromatic carbocycles. The van der Waals surface area contributed by atoms with Gasteiger partial charge in [0.2, 0.25) is 6.23 Å². The summed E-state index contributed by atoms with van der Waals surface area (Å²) in [5, 5.41) is 19.5. The van der Waals surface area contributed by atoms with Gasteiger partial charge in [0, 0.05) is 22.6 Å². The van der Waals surface area contributed by atoms with E-state index in [2.05, 4.69) is 6.07 Å². The Labute approximate surface area is 171 Å². The maximum absolute atomic E-state index is 9.90. The predicted octanol–water partition coefficient (Wildman–Crippen LogP) is 5.36. The van der Waals surface area contributed by atoms with Crippen LogP contribution in [0.3, 0.4) is 0 Å². The Morgan fingerprint density at radius 1 is 1.25 bits per heavy atom. The van der Waals surface area contributed by atoms with Crippen molar-refractivity contribution in [2.45, 2.75) is 18.7 Å². The minimum atomic E-state index is -0.282. The van der Waals surface area contributed by atoms with Crippen LogP contribution < -0.4 is 9.47 Å². The molecule has 1 N–H and O–H groups in total. The lowest BCUT2D eigenvalue weighted by Crippen LogP contribution is -2.33. The van der Waals surface area contributed by atoms with Gasteiger partial charge in [-0.05, 0) is 47.8 Å². The first-order valence-corrected chi connectivity index (χ1v) is 10.1. The molecule has 3 aromatic rings. The number of hydrazone groups is 1. The van der Waals surface area contributed by atoms with E-state index < -0.39 is 0 Å². The van der Waals surface area contributed by atoms with Gasteiger partial charge < -0.3 is 14.6 Å². The zero-order chi connectivity index (χ0) is 19.3. The van der Waals surface area contributed by atoms with Crippen molar-refractivity contribution in [2.75, 3.05) is 7.11 Å². The number of phenolic OH excluding ortho intramolecular Hbond substituents is 1. The number of rotatable bonds is 3. The first-order valence-electron chi connectivity index (χ1n) is 8.87. The second kappa shape index (κ2) is 6.72. The van der Waals surface area contributed by atoms with Crippen molar-refractivity contribution in [3.8, 4) is 17.2 Å². The van der Waals surface area contributed by atoms with Crippen molar-refractivity contribution < 1.29 is 14.6 Å². The van der Waals surface area contributed by atoms with Crippen LogP contribution in [0.4, 0.5) is 0 Å². The number of phenols is 1. The normalized spacial score (nSPS) is 20.2. The molecular formula is C21H17ClN2O3S. The monoisotopic (exact) mass is 412 g/mol. The lowest BCUT2D eigenvalue weighted by atomic mass is 9.96. The molecule has 0 radical (unpaired) electrons. The van der Waals surface area contributed by atoms with Crippen LogP contribution >= 0.6 is 22.9 Å². The fraction of sp³-hybridized carbons (Fsp3) is 0.190. The van der Waals surface area contributed by atoms with Gasteiger partial charge >= 0.3 is 0 Å². The molecule has 2 unspecified atom stereocenters. The van der Waals surface area contributed by atoms with Crippen molar-refractivity contribution in [3.05, 3.63) is 74.9 Å². The lowest BCUT2D eigenvalue weighted by Gasteiger charge is -2.37. The zero-order valence-electron chi connectivity index (χ0n) is 15.0. The van der Waals surface area contributed by atoms with E-state index in [1.165, 1.54) is 7.11 Å². The molecule has 0 fully saturated rings. The number of hydrogen-bond donors (Lipinski definition) is 1. The third-order valence-corrected chi connectivity index (χ3v) is 6.19. The molecule has 1 aromatic heterocycles. The standard InChI is InChI=1S/C21H17ClN2O3S/c1-26-19-9-12(4-6-17(19)25)15-11-16-14-10-13(22)5-7-18(14)27-21(24(16)23-15)20-3-2-8-28-20/h2-10,16,21,25H,11H2,1H3. The van der Waals surface area contributed by atoms with Gasteiger partial charge in [-0.1, -0.05) is 17.7 Å². The first-order chi connectivity index (χ1) is 13.6. The van der Waals surface area contributed by atoms with Gasteiger partial charge in [0.25, 0.3) is 0 Å². The van der Waals surface area contributed by atoms with Gasteiger partial charge in [-0.2, -0.15) is 5.10 Å². The quantitative estimate of drug-likeness (QED) is 0.629. The molecule has 0 amide bonds. The predicted molar refractivity (Wildman–Crippen MR) is 110 cm³/mol. The summed E-state index contributed by atoms with van der Waals surface area (Å²) in [6, 6.07) is 15.1. The van der Waals surface area contributed by atoms with Gasteiger partial charge in [0.15, 0.2) is 11.5 Å². The summed E-state index contributed by atoms with van der Waals surface area (Å²) in [6.45, 7) is 0. The molecule has 5 nitrogen and oxygen atoms in total. The summed E-state index contributed by atoms with van der Waals surface area (Å²) in [5.74, 6) is 1.38. The molecule has 0 spiro atoms. The molecule has 142 valence electrons. The maximum atomic E-state index is 9.90. The Balaban J connectivity index is 1.59. The topological polar surface area (TPSA) is 54.3 Å². The third kappa shape index (κ3) is 2.80. The number of ether oxygens (including phenoxy) is 2. The van der Waals surface area contributed by atoms with Crippen LogP contribution in [0.1, 0.15) is 34.7 Å². The van der Waals surface area contributed by atoms with Crippen LogP contribution in [0.25, 0.3) is 0 Å². The highest BCUT2D eigenvalue weighted by molar-refractivity contribution is 7.10. The van der Waals surface area contributed by atoms with Crippen LogP contribution in [-0.4, -0.2) is 22.9 Å². The summed E-state index contributed by atoms with van der Waals surface area (Å²) in [5.41, 5.74) is 2.86. The summed E-state index contributed by atoms with van der Waals surface area (Å²) in [7, 11) is 1.54. The largest absolute Gasteiger partial charge is 0.504 e. The van der Waals surface area contributed by atoms with Crippen molar-refractivity contribution in [1.29, 1.82) is 0 Å². The number of fused-ring (bicyclic) bond motifs is 3. The van der Waals surface area contributed by atoms with E-state index >= 15 is 0 Å². The molecule has 2 atom stereocenters. The highest BCUT2D eigenvalue weighted by Gasteiger charge is 2.41. The fourth-order valence-electron chi connectivity index (χ4n) is 3.71. The minimum absolute atomic E-state index is 0.0318. The molecule has 0 bridgehead atoms. The van der Waals surface area contributed by atoms with Crippen molar-refractivity contribution in [1.82, 2.24) is 5.01 Å². The van der Waals surface area contributed by atoms with Crippen LogP contribution in [0.5, 0.6) is 17.2 Å². The number of halogens is 1. The fourth-order valence-corrected chi connectivity index (χ4v) is 4.63. The molecule has 2 aliphatic heterocycles. The summed E-state index contributed by atoms with van der Waals surface area (Å²) < 4.78 is 11.6. The van der Waals surface area contributed by atoms with Crippen LogP contribution in [0.2, 0.25) is 5.02 Å². The molecule has 3 heterocycles. The number of thiophene rings is 1.